The molecule has 0 bridgehead atoms. The van der Waals surface area contributed by atoms with Crippen molar-refractivity contribution in [2.24, 2.45) is 5.73 Å². The second kappa shape index (κ2) is 4.92. The molecule has 0 aromatic heterocycles. The number of morpholine rings is 1. The molecule has 5 nitrogen and oxygen atoms in total. The maximum Gasteiger partial charge on any atom is 0.234 e. The maximum absolute atomic E-state index is 11.5. The van der Waals surface area contributed by atoms with E-state index in [1.807, 2.05) is 0 Å². The number of amides is 1. The van der Waals surface area contributed by atoms with Crippen molar-refractivity contribution < 1.29 is 9.53 Å². The van der Waals surface area contributed by atoms with Gasteiger partial charge in [0.15, 0.2) is 0 Å². The van der Waals surface area contributed by atoms with Gasteiger partial charge in [-0.15, -0.1) is 0 Å². The zero-order chi connectivity index (χ0) is 10.7. The molecule has 1 saturated heterocycles. The number of carbonyl (C=O) groups is 1. The van der Waals surface area contributed by atoms with E-state index in [-0.39, 0.29) is 12.0 Å². The number of nitrogens with two attached hydrogens (primary N) is 1. The predicted octanol–water partition coefficient (Wildman–Crippen LogP) is -1.08. The number of hydrogen-bond acceptors (Lipinski definition) is 4. The summed E-state index contributed by atoms with van der Waals surface area (Å²) in [5.74, 6) is 0.134. The van der Waals surface area contributed by atoms with Gasteiger partial charge in [0.05, 0.1) is 19.3 Å². The van der Waals surface area contributed by atoms with Gasteiger partial charge in [0.25, 0.3) is 0 Å². The summed E-state index contributed by atoms with van der Waals surface area (Å²) in [5, 5.41) is 2.98. The normalized spacial score (nSPS) is 27.7. The molecule has 3 N–H and O–H groups in total. The van der Waals surface area contributed by atoms with Crippen LogP contribution in [0.4, 0.5) is 0 Å². The Morgan fingerprint density at radius 2 is 2.33 bits per heavy atom. The number of nitrogens with one attached hydrogen (secondary N) is 1. The Labute approximate surface area is 89.9 Å². The van der Waals surface area contributed by atoms with Gasteiger partial charge in [-0.3, -0.25) is 9.69 Å². The zero-order valence-corrected chi connectivity index (χ0v) is 8.95. The minimum Gasteiger partial charge on any atom is -0.374 e. The molecular formula is C10H19N3O2. The molecule has 2 rings (SSSR count). The van der Waals surface area contributed by atoms with Crippen LogP contribution in [0.2, 0.25) is 0 Å². The van der Waals surface area contributed by atoms with E-state index < -0.39 is 0 Å². The fraction of sp³-hybridized carbons (Fsp3) is 0.900. The molecule has 0 radical (unpaired) electrons. The van der Waals surface area contributed by atoms with Crippen LogP contribution in [0.3, 0.4) is 0 Å². The Morgan fingerprint density at radius 1 is 1.53 bits per heavy atom. The summed E-state index contributed by atoms with van der Waals surface area (Å²) in [6, 6.07) is 0.448. The first-order valence-corrected chi connectivity index (χ1v) is 5.61. The van der Waals surface area contributed by atoms with E-state index in [4.69, 9.17) is 10.5 Å². The monoisotopic (exact) mass is 213 g/mol. The molecule has 0 aromatic carbocycles. The third kappa shape index (κ3) is 3.44. The van der Waals surface area contributed by atoms with E-state index >= 15 is 0 Å². The summed E-state index contributed by atoms with van der Waals surface area (Å²) in [6.45, 7) is 3.29. The largest absolute Gasteiger partial charge is 0.374 e. The van der Waals surface area contributed by atoms with Crippen molar-refractivity contribution in [1.82, 2.24) is 10.2 Å². The average molecular weight is 213 g/mol. The summed E-state index contributed by atoms with van der Waals surface area (Å²) >= 11 is 0. The highest BCUT2D eigenvalue weighted by Crippen LogP contribution is 2.18. The summed E-state index contributed by atoms with van der Waals surface area (Å²) in [4.78, 5) is 13.6. The molecule has 0 spiro atoms. The van der Waals surface area contributed by atoms with Crippen LogP contribution in [0.5, 0.6) is 0 Å². The first-order chi connectivity index (χ1) is 7.28. The smallest absolute Gasteiger partial charge is 0.234 e. The van der Waals surface area contributed by atoms with E-state index in [9.17, 15) is 4.79 Å². The molecule has 1 unspecified atom stereocenters. The molecule has 1 heterocycles. The highest BCUT2D eigenvalue weighted by atomic mass is 16.5. The zero-order valence-electron chi connectivity index (χ0n) is 8.95. The quantitative estimate of drug-likeness (QED) is 0.623. The van der Waals surface area contributed by atoms with Crippen molar-refractivity contribution in [2.75, 3.05) is 32.8 Å². The van der Waals surface area contributed by atoms with Gasteiger partial charge >= 0.3 is 0 Å². The van der Waals surface area contributed by atoms with Crippen molar-refractivity contribution in [3.8, 4) is 0 Å². The first-order valence-electron chi connectivity index (χ1n) is 5.61. The Balaban J connectivity index is 1.70. The number of rotatable bonds is 4. The average Bonchev–Trinajstić information content (AvgIpc) is 3.02. The van der Waals surface area contributed by atoms with Crippen LogP contribution >= 0.6 is 0 Å². The van der Waals surface area contributed by atoms with Crippen molar-refractivity contribution in [3.63, 3.8) is 0 Å². The lowest BCUT2D eigenvalue weighted by atomic mass is 10.2. The predicted molar refractivity (Wildman–Crippen MR) is 56.4 cm³/mol. The number of nitrogens with zero attached hydrogens (tertiary/aromatic N) is 1. The van der Waals surface area contributed by atoms with Gasteiger partial charge in [-0.2, -0.15) is 0 Å². The van der Waals surface area contributed by atoms with Gasteiger partial charge < -0.3 is 15.8 Å². The van der Waals surface area contributed by atoms with Gasteiger partial charge in [0.1, 0.15) is 0 Å². The van der Waals surface area contributed by atoms with Crippen molar-refractivity contribution in [1.29, 1.82) is 0 Å². The molecule has 2 aliphatic rings. The van der Waals surface area contributed by atoms with Crippen LogP contribution in [0, 0.1) is 0 Å². The lowest BCUT2D eigenvalue weighted by Gasteiger charge is -2.31. The SMILES string of the molecule is NCC1CN(CC(=O)NC2CC2)CCO1. The molecule has 1 aliphatic heterocycles. The first kappa shape index (κ1) is 10.9. The fourth-order valence-electron chi connectivity index (χ4n) is 1.77. The molecule has 1 amide bonds. The Bertz CT molecular complexity index is 231. The maximum atomic E-state index is 11.5. The van der Waals surface area contributed by atoms with E-state index in [2.05, 4.69) is 10.2 Å². The van der Waals surface area contributed by atoms with Gasteiger partial charge in [0.2, 0.25) is 5.91 Å². The van der Waals surface area contributed by atoms with Crippen LogP contribution in [0.15, 0.2) is 0 Å². The van der Waals surface area contributed by atoms with E-state index in [1.54, 1.807) is 0 Å². The molecule has 15 heavy (non-hydrogen) atoms. The summed E-state index contributed by atoms with van der Waals surface area (Å²) < 4.78 is 5.43. The molecule has 0 aromatic rings. The second-order valence-corrected chi connectivity index (χ2v) is 4.31. The van der Waals surface area contributed by atoms with Gasteiger partial charge in [0, 0.05) is 25.7 Å². The van der Waals surface area contributed by atoms with Crippen molar-refractivity contribution in [2.45, 2.75) is 25.0 Å². The van der Waals surface area contributed by atoms with E-state index in [1.165, 1.54) is 0 Å². The van der Waals surface area contributed by atoms with E-state index in [0.29, 0.717) is 25.7 Å². The lowest BCUT2D eigenvalue weighted by molar-refractivity contribution is -0.124. The third-order valence-electron chi connectivity index (χ3n) is 2.80. The number of ether oxygens (including phenoxy) is 1. The highest BCUT2D eigenvalue weighted by Gasteiger charge is 2.25. The fourth-order valence-corrected chi connectivity index (χ4v) is 1.77. The van der Waals surface area contributed by atoms with Crippen LogP contribution in [0.25, 0.3) is 0 Å². The molecule has 5 heteroatoms. The topological polar surface area (TPSA) is 67.6 Å². The van der Waals surface area contributed by atoms with Crippen LogP contribution in [-0.4, -0.2) is 55.7 Å². The Morgan fingerprint density at radius 3 is 3.00 bits per heavy atom. The standard InChI is InChI=1S/C10H19N3O2/c11-5-9-6-13(3-4-15-9)7-10(14)12-8-1-2-8/h8-9H,1-7,11H2,(H,12,14). The Kier molecular flexibility index (Phi) is 3.56. The van der Waals surface area contributed by atoms with Gasteiger partial charge in [-0.05, 0) is 12.8 Å². The van der Waals surface area contributed by atoms with E-state index in [0.717, 1.165) is 25.9 Å². The number of carbonyl (C=O) groups excluding carboxylic acids is 1. The summed E-state index contributed by atoms with van der Waals surface area (Å²) in [5.41, 5.74) is 5.53. The second-order valence-electron chi connectivity index (χ2n) is 4.31. The van der Waals surface area contributed by atoms with Crippen LogP contribution < -0.4 is 11.1 Å². The van der Waals surface area contributed by atoms with Gasteiger partial charge in [-0.25, -0.2) is 0 Å². The van der Waals surface area contributed by atoms with Crippen molar-refractivity contribution in [3.05, 3.63) is 0 Å². The summed E-state index contributed by atoms with van der Waals surface area (Å²) in [6.07, 6.45) is 2.37. The lowest BCUT2D eigenvalue weighted by Crippen LogP contribution is -2.49. The number of hydrogen-bond donors (Lipinski definition) is 2. The third-order valence-corrected chi connectivity index (χ3v) is 2.80. The minimum atomic E-state index is 0.0903. The minimum absolute atomic E-state index is 0.0903. The van der Waals surface area contributed by atoms with Gasteiger partial charge in [-0.1, -0.05) is 0 Å². The van der Waals surface area contributed by atoms with Crippen LogP contribution in [0.1, 0.15) is 12.8 Å². The highest BCUT2D eigenvalue weighted by molar-refractivity contribution is 5.78. The molecular weight excluding hydrogens is 194 g/mol. The van der Waals surface area contributed by atoms with Crippen LogP contribution in [-0.2, 0) is 9.53 Å². The molecule has 86 valence electrons. The molecule has 1 saturated carbocycles. The van der Waals surface area contributed by atoms with Crippen molar-refractivity contribution >= 4 is 5.91 Å². The molecule has 1 aliphatic carbocycles. The summed E-state index contributed by atoms with van der Waals surface area (Å²) in [7, 11) is 0. The molecule has 1 atom stereocenters. The molecule has 2 fully saturated rings. The Hall–Kier alpha value is -0.650.